The Morgan fingerprint density at radius 2 is 1.27 bits per heavy atom. The van der Waals surface area contributed by atoms with E-state index in [-0.39, 0.29) is 0 Å². The molecule has 0 bridgehead atoms. The van der Waals surface area contributed by atoms with E-state index in [1.54, 1.807) is 0 Å². The number of hydrogen-bond donors (Lipinski definition) is 4. The molecule has 7 aromatic rings. The Morgan fingerprint density at radius 1 is 0.585 bits per heavy atom. The summed E-state index contributed by atoms with van der Waals surface area (Å²) < 4.78 is 6.40. The molecule has 1 aromatic heterocycles. The number of nitrogens with one attached hydrogen (secondary N) is 1. The SMILES string of the molecule is OB(O)c1c(-c2cccc3c2Nc2ccccc2C3(O)c2cccc3c2oc2ccccc23)ccc2ccccc12. The Bertz CT molecular complexity index is 2150. The number of fused-ring (bicyclic) bond motifs is 6. The van der Waals surface area contributed by atoms with Gasteiger partial charge in [-0.05, 0) is 33.9 Å². The van der Waals surface area contributed by atoms with Gasteiger partial charge in [0.05, 0.1) is 5.69 Å². The smallest absolute Gasteiger partial charge is 0.456 e. The largest absolute Gasteiger partial charge is 0.489 e. The fourth-order valence-corrected chi connectivity index (χ4v) is 6.53. The van der Waals surface area contributed by atoms with Gasteiger partial charge in [0.1, 0.15) is 16.8 Å². The molecule has 4 N–H and O–H groups in total. The number of rotatable bonds is 3. The van der Waals surface area contributed by atoms with Crippen molar-refractivity contribution in [2.24, 2.45) is 0 Å². The van der Waals surface area contributed by atoms with Crippen molar-refractivity contribution < 1.29 is 19.6 Å². The number of hydrogen-bond acceptors (Lipinski definition) is 5. The van der Waals surface area contributed by atoms with Crippen molar-refractivity contribution in [3.05, 3.63) is 138 Å². The Balaban J connectivity index is 1.45. The second-order valence-corrected chi connectivity index (χ2v) is 10.5. The molecule has 0 fully saturated rings. The normalized spacial score (nSPS) is 16.0. The van der Waals surface area contributed by atoms with Gasteiger partial charge in [-0.15, -0.1) is 0 Å². The van der Waals surface area contributed by atoms with Crippen LogP contribution in [0.2, 0.25) is 0 Å². The van der Waals surface area contributed by atoms with Crippen molar-refractivity contribution in [3.8, 4) is 11.1 Å². The first-order valence-corrected chi connectivity index (χ1v) is 13.6. The van der Waals surface area contributed by atoms with Crippen molar-refractivity contribution in [1.82, 2.24) is 0 Å². The number of furan rings is 1. The van der Waals surface area contributed by atoms with Gasteiger partial charge in [-0.25, -0.2) is 0 Å². The van der Waals surface area contributed by atoms with Gasteiger partial charge in [0.15, 0.2) is 0 Å². The van der Waals surface area contributed by atoms with Crippen LogP contribution in [0.3, 0.4) is 0 Å². The fourth-order valence-electron chi connectivity index (χ4n) is 6.53. The summed E-state index contributed by atoms with van der Waals surface area (Å²) in [6.45, 7) is 0. The van der Waals surface area contributed by atoms with Gasteiger partial charge in [0.2, 0.25) is 0 Å². The lowest BCUT2D eigenvalue weighted by Gasteiger charge is -2.38. The number of aliphatic hydroxyl groups is 1. The van der Waals surface area contributed by atoms with Crippen molar-refractivity contribution in [3.63, 3.8) is 0 Å². The summed E-state index contributed by atoms with van der Waals surface area (Å²) in [5.74, 6) is 0. The standard InChI is InChI=1S/C35H24BNO4/c38-35(29-16-8-13-26-23-11-3-6-18-31(23)41-34(26)29)27-14-4-5-17-30(27)37-33-25(12-7-15-28(33)35)24-20-19-21-9-1-2-10-22(21)32(24)36(39)40/h1-20,37-40H. The van der Waals surface area contributed by atoms with E-state index in [0.29, 0.717) is 39.0 Å². The Hall–Kier alpha value is -4.88. The average molecular weight is 533 g/mol. The molecule has 8 rings (SSSR count). The summed E-state index contributed by atoms with van der Waals surface area (Å²) in [4.78, 5) is 0. The van der Waals surface area contributed by atoms with Crippen LogP contribution in [0.5, 0.6) is 0 Å². The highest BCUT2D eigenvalue weighted by atomic mass is 16.4. The highest BCUT2D eigenvalue weighted by Crippen LogP contribution is 2.52. The molecule has 0 amide bonds. The first kappa shape index (κ1) is 24.0. The fraction of sp³-hybridized carbons (Fsp3) is 0.0286. The van der Waals surface area contributed by atoms with Gasteiger partial charge in [0.25, 0.3) is 0 Å². The lowest BCUT2D eigenvalue weighted by atomic mass is 9.70. The van der Waals surface area contributed by atoms with Gasteiger partial charge < -0.3 is 24.9 Å². The van der Waals surface area contributed by atoms with Crippen LogP contribution in [0.25, 0.3) is 43.8 Å². The maximum Gasteiger partial charge on any atom is 0.489 e. The van der Waals surface area contributed by atoms with Crippen LogP contribution in [-0.4, -0.2) is 22.3 Å². The first-order valence-electron chi connectivity index (χ1n) is 13.6. The highest BCUT2D eigenvalue weighted by Gasteiger charge is 2.43. The van der Waals surface area contributed by atoms with E-state index in [9.17, 15) is 15.2 Å². The van der Waals surface area contributed by atoms with Gasteiger partial charge in [0, 0.05) is 38.7 Å². The number of para-hydroxylation sites is 4. The molecule has 1 unspecified atom stereocenters. The maximum atomic E-state index is 13.0. The van der Waals surface area contributed by atoms with Crippen molar-refractivity contribution in [1.29, 1.82) is 0 Å². The molecule has 6 heteroatoms. The summed E-state index contributed by atoms with van der Waals surface area (Å²) in [5, 5.41) is 41.3. The van der Waals surface area contributed by atoms with Crippen molar-refractivity contribution >= 4 is 56.7 Å². The highest BCUT2D eigenvalue weighted by molar-refractivity contribution is 6.64. The van der Waals surface area contributed by atoms with Crippen LogP contribution >= 0.6 is 0 Å². The Kier molecular flexibility index (Phi) is 5.15. The topological polar surface area (TPSA) is 85.9 Å². The molecule has 6 aromatic carbocycles. The maximum absolute atomic E-state index is 13.0. The molecule has 0 saturated heterocycles. The van der Waals surface area contributed by atoms with E-state index in [0.717, 1.165) is 38.4 Å². The van der Waals surface area contributed by atoms with Crippen LogP contribution in [0, 0.1) is 0 Å². The average Bonchev–Trinajstić information content (AvgIpc) is 3.39. The van der Waals surface area contributed by atoms with Crippen molar-refractivity contribution in [2.75, 3.05) is 5.32 Å². The molecule has 5 nitrogen and oxygen atoms in total. The van der Waals surface area contributed by atoms with E-state index >= 15 is 0 Å². The molecule has 0 aliphatic carbocycles. The zero-order valence-electron chi connectivity index (χ0n) is 21.9. The number of benzene rings is 6. The summed E-state index contributed by atoms with van der Waals surface area (Å²) in [6.07, 6.45) is 0. The molecule has 0 spiro atoms. The van der Waals surface area contributed by atoms with Crippen LogP contribution in [0.4, 0.5) is 11.4 Å². The Morgan fingerprint density at radius 3 is 2.15 bits per heavy atom. The molecule has 1 aliphatic heterocycles. The third kappa shape index (κ3) is 3.36. The van der Waals surface area contributed by atoms with Gasteiger partial charge in [-0.3, -0.25) is 0 Å². The minimum Gasteiger partial charge on any atom is -0.456 e. The zero-order chi connectivity index (χ0) is 27.7. The molecule has 1 atom stereocenters. The lowest BCUT2D eigenvalue weighted by Crippen LogP contribution is -2.35. The van der Waals surface area contributed by atoms with Gasteiger partial charge >= 0.3 is 7.12 Å². The van der Waals surface area contributed by atoms with E-state index in [2.05, 4.69) is 5.32 Å². The predicted octanol–water partition coefficient (Wildman–Crippen LogP) is 6.43. The second-order valence-electron chi connectivity index (χ2n) is 10.5. The Labute approximate surface area is 236 Å². The summed E-state index contributed by atoms with van der Waals surface area (Å²) >= 11 is 0. The first-order chi connectivity index (χ1) is 20.1. The third-order valence-electron chi connectivity index (χ3n) is 8.34. The van der Waals surface area contributed by atoms with E-state index < -0.39 is 12.7 Å². The predicted molar refractivity (Wildman–Crippen MR) is 165 cm³/mol. The minimum absolute atomic E-state index is 0.417. The van der Waals surface area contributed by atoms with Crippen LogP contribution in [0.15, 0.2) is 126 Å². The second kappa shape index (κ2) is 8.81. The van der Waals surface area contributed by atoms with E-state index in [1.807, 2.05) is 121 Å². The van der Waals surface area contributed by atoms with Gasteiger partial charge in [-0.1, -0.05) is 109 Å². The molecule has 41 heavy (non-hydrogen) atoms. The minimum atomic E-state index is -1.69. The molecule has 1 aliphatic rings. The molecule has 2 heterocycles. The van der Waals surface area contributed by atoms with Crippen LogP contribution < -0.4 is 10.8 Å². The summed E-state index contributed by atoms with van der Waals surface area (Å²) in [5.41, 5.74) is 5.11. The lowest BCUT2D eigenvalue weighted by molar-refractivity contribution is 0.126. The summed E-state index contributed by atoms with van der Waals surface area (Å²) in [7, 11) is -1.69. The summed E-state index contributed by atoms with van der Waals surface area (Å²) in [6, 6.07) is 38.8. The molecule has 0 saturated carbocycles. The molecule has 196 valence electrons. The quantitative estimate of drug-likeness (QED) is 0.197. The number of anilines is 2. The molecular formula is C35H24BNO4. The third-order valence-corrected chi connectivity index (χ3v) is 8.34. The van der Waals surface area contributed by atoms with Crippen LogP contribution in [-0.2, 0) is 5.60 Å². The van der Waals surface area contributed by atoms with Crippen LogP contribution in [0.1, 0.15) is 16.7 Å². The van der Waals surface area contributed by atoms with E-state index in [4.69, 9.17) is 4.42 Å². The monoisotopic (exact) mass is 533 g/mol. The zero-order valence-corrected chi connectivity index (χ0v) is 21.9. The van der Waals surface area contributed by atoms with Gasteiger partial charge in [-0.2, -0.15) is 0 Å². The van der Waals surface area contributed by atoms with Crippen molar-refractivity contribution in [2.45, 2.75) is 5.60 Å². The van der Waals surface area contributed by atoms with E-state index in [1.165, 1.54) is 0 Å². The molecular weight excluding hydrogens is 509 g/mol. The molecule has 0 radical (unpaired) electrons.